The van der Waals surface area contributed by atoms with Gasteiger partial charge < -0.3 is 0 Å². The van der Waals surface area contributed by atoms with Crippen LogP contribution in [0.3, 0.4) is 0 Å². The number of nitrogens with zero attached hydrogens (tertiary/aromatic N) is 2. The van der Waals surface area contributed by atoms with Crippen molar-refractivity contribution in [3.63, 3.8) is 0 Å². The smallest absolute Gasteiger partial charge is 0.161 e. The molecule has 1 aromatic heterocycles. The van der Waals surface area contributed by atoms with E-state index < -0.39 is 5.82 Å². The number of benzene rings is 2. The maximum absolute atomic E-state index is 13.7. The van der Waals surface area contributed by atoms with Crippen molar-refractivity contribution in [2.24, 2.45) is 0 Å². The zero-order chi connectivity index (χ0) is 14.1. The van der Waals surface area contributed by atoms with Gasteiger partial charge in [0.05, 0.1) is 10.9 Å². The van der Waals surface area contributed by atoms with E-state index in [-0.39, 0.29) is 10.5 Å². The zero-order valence-corrected chi connectivity index (χ0v) is 12.2. The van der Waals surface area contributed by atoms with E-state index in [2.05, 4.69) is 9.97 Å². The van der Waals surface area contributed by atoms with Crippen molar-refractivity contribution in [3.05, 3.63) is 53.4 Å². The summed E-state index contributed by atoms with van der Waals surface area (Å²) in [6.45, 7) is 0. The molecule has 0 N–H and O–H groups in total. The van der Waals surface area contributed by atoms with E-state index >= 15 is 0 Å². The summed E-state index contributed by atoms with van der Waals surface area (Å²) in [5.41, 5.74) is 1.37. The van der Waals surface area contributed by atoms with Crippen LogP contribution in [0.1, 0.15) is 0 Å². The van der Waals surface area contributed by atoms with E-state index in [0.717, 1.165) is 10.5 Å². The Hall–Kier alpha value is -1.65. The van der Waals surface area contributed by atoms with Crippen LogP contribution in [0.25, 0.3) is 22.3 Å². The van der Waals surface area contributed by atoms with Crippen molar-refractivity contribution < 1.29 is 4.39 Å². The normalized spacial score (nSPS) is 10.9. The Kier molecular flexibility index (Phi) is 3.59. The first-order chi connectivity index (χ1) is 9.69. The fourth-order valence-electron chi connectivity index (χ4n) is 1.97. The van der Waals surface area contributed by atoms with Gasteiger partial charge in [0.2, 0.25) is 0 Å². The summed E-state index contributed by atoms with van der Waals surface area (Å²) in [5.74, 6) is 0.0949. The number of aromatic nitrogens is 2. The van der Waals surface area contributed by atoms with Crippen LogP contribution in [0.4, 0.5) is 4.39 Å². The Balaban J connectivity index is 2.17. The highest BCUT2D eigenvalue weighted by molar-refractivity contribution is 7.98. The van der Waals surface area contributed by atoms with E-state index in [1.54, 1.807) is 23.9 Å². The van der Waals surface area contributed by atoms with Crippen LogP contribution in [0.5, 0.6) is 0 Å². The number of rotatable bonds is 2. The van der Waals surface area contributed by atoms with Gasteiger partial charge in [-0.25, -0.2) is 14.4 Å². The summed E-state index contributed by atoms with van der Waals surface area (Å²) < 4.78 is 13.7. The third kappa shape index (κ3) is 2.37. The summed E-state index contributed by atoms with van der Waals surface area (Å²) in [6, 6.07) is 12.5. The topological polar surface area (TPSA) is 25.8 Å². The largest absolute Gasteiger partial charge is 0.228 e. The predicted molar refractivity (Wildman–Crippen MR) is 81.7 cm³/mol. The van der Waals surface area contributed by atoms with Gasteiger partial charge in [-0.05, 0) is 30.5 Å². The van der Waals surface area contributed by atoms with Gasteiger partial charge in [0.25, 0.3) is 0 Å². The van der Waals surface area contributed by atoms with Crippen LogP contribution in [0, 0.1) is 5.82 Å². The third-order valence-electron chi connectivity index (χ3n) is 2.98. The van der Waals surface area contributed by atoms with Gasteiger partial charge in [0.15, 0.2) is 5.82 Å². The van der Waals surface area contributed by atoms with Gasteiger partial charge in [0, 0.05) is 10.5 Å². The van der Waals surface area contributed by atoms with Crippen molar-refractivity contribution >= 4 is 34.3 Å². The molecule has 0 saturated heterocycles. The van der Waals surface area contributed by atoms with Gasteiger partial charge in [-0.1, -0.05) is 29.8 Å². The lowest BCUT2D eigenvalue weighted by atomic mass is 10.2. The SMILES string of the molecule is CSc1ccc(-c2nc(Cl)c3c(F)cccc3n2)cc1. The number of fused-ring (bicyclic) bond motifs is 1. The molecule has 3 rings (SSSR count). The molecule has 0 fully saturated rings. The average molecular weight is 305 g/mol. The van der Waals surface area contributed by atoms with Crippen molar-refractivity contribution in [1.29, 1.82) is 0 Å². The molecule has 5 heteroatoms. The van der Waals surface area contributed by atoms with Gasteiger partial charge in [0.1, 0.15) is 11.0 Å². The fraction of sp³-hybridized carbons (Fsp3) is 0.0667. The Morgan fingerprint density at radius 3 is 2.50 bits per heavy atom. The Labute approximate surface area is 125 Å². The highest BCUT2D eigenvalue weighted by Gasteiger charge is 2.11. The first-order valence-corrected chi connectivity index (χ1v) is 7.55. The lowest BCUT2D eigenvalue weighted by Gasteiger charge is -2.06. The van der Waals surface area contributed by atoms with Gasteiger partial charge in [-0.15, -0.1) is 11.8 Å². The molecule has 100 valence electrons. The maximum Gasteiger partial charge on any atom is 0.161 e. The molecule has 1 heterocycles. The lowest BCUT2D eigenvalue weighted by Crippen LogP contribution is -1.93. The lowest BCUT2D eigenvalue weighted by molar-refractivity contribution is 0.639. The maximum atomic E-state index is 13.7. The van der Waals surface area contributed by atoms with Crippen LogP contribution < -0.4 is 0 Å². The molecular formula is C15H10ClFN2S. The van der Waals surface area contributed by atoms with Crippen LogP contribution >= 0.6 is 23.4 Å². The van der Waals surface area contributed by atoms with Crippen molar-refractivity contribution in [2.75, 3.05) is 6.26 Å². The molecule has 0 unspecified atom stereocenters. The van der Waals surface area contributed by atoms with E-state index in [4.69, 9.17) is 11.6 Å². The molecule has 0 spiro atoms. The van der Waals surface area contributed by atoms with Crippen LogP contribution in [-0.2, 0) is 0 Å². The zero-order valence-electron chi connectivity index (χ0n) is 10.6. The van der Waals surface area contributed by atoms with Gasteiger partial charge in [-0.2, -0.15) is 0 Å². The fourth-order valence-corrected chi connectivity index (χ4v) is 2.64. The van der Waals surface area contributed by atoms with E-state index in [1.807, 2.05) is 30.5 Å². The van der Waals surface area contributed by atoms with E-state index in [1.165, 1.54) is 6.07 Å². The summed E-state index contributed by atoms with van der Waals surface area (Å²) in [7, 11) is 0. The molecular weight excluding hydrogens is 295 g/mol. The highest BCUT2D eigenvalue weighted by Crippen LogP contribution is 2.27. The first kappa shape index (κ1) is 13.3. The molecule has 0 bridgehead atoms. The summed E-state index contributed by atoms with van der Waals surface area (Å²) in [5, 5.41) is 0.399. The average Bonchev–Trinajstić information content (AvgIpc) is 2.47. The molecule has 2 nitrogen and oxygen atoms in total. The minimum absolute atomic E-state index is 0.136. The second-order valence-corrected chi connectivity index (χ2v) is 5.44. The van der Waals surface area contributed by atoms with Gasteiger partial charge in [-0.3, -0.25) is 0 Å². The number of thioether (sulfide) groups is 1. The monoisotopic (exact) mass is 304 g/mol. The summed E-state index contributed by atoms with van der Waals surface area (Å²) in [4.78, 5) is 9.73. The Bertz CT molecular complexity index is 775. The molecule has 0 amide bonds. The summed E-state index contributed by atoms with van der Waals surface area (Å²) >= 11 is 7.74. The molecule has 0 aliphatic rings. The van der Waals surface area contributed by atoms with Crippen LogP contribution in [0.15, 0.2) is 47.4 Å². The van der Waals surface area contributed by atoms with E-state index in [9.17, 15) is 4.39 Å². The quantitative estimate of drug-likeness (QED) is 0.502. The molecule has 0 aliphatic carbocycles. The van der Waals surface area contributed by atoms with Crippen LogP contribution in [-0.4, -0.2) is 16.2 Å². The number of hydrogen-bond acceptors (Lipinski definition) is 3. The van der Waals surface area contributed by atoms with Crippen LogP contribution in [0.2, 0.25) is 5.15 Å². The minimum atomic E-state index is -0.406. The minimum Gasteiger partial charge on any atom is -0.228 e. The molecule has 3 aromatic rings. The van der Waals surface area contributed by atoms with Crippen molar-refractivity contribution in [2.45, 2.75) is 4.90 Å². The number of hydrogen-bond donors (Lipinski definition) is 0. The third-order valence-corrected chi connectivity index (χ3v) is 3.99. The number of halogens is 2. The van der Waals surface area contributed by atoms with Crippen molar-refractivity contribution in [1.82, 2.24) is 9.97 Å². The van der Waals surface area contributed by atoms with Crippen molar-refractivity contribution in [3.8, 4) is 11.4 Å². The Morgan fingerprint density at radius 2 is 1.80 bits per heavy atom. The molecule has 0 saturated carbocycles. The second kappa shape index (κ2) is 5.38. The molecule has 2 aromatic carbocycles. The predicted octanol–water partition coefficient (Wildman–Crippen LogP) is 4.81. The highest BCUT2D eigenvalue weighted by atomic mass is 35.5. The molecule has 0 atom stereocenters. The molecule has 20 heavy (non-hydrogen) atoms. The Morgan fingerprint density at radius 1 is 1.05 bits per heavy atom. The first-order valence-electron chi connectivity index (χ1n) is 5.95. The standard InChI is InChI=1S/C15H10ClFN2S/c1-20-10-7-5-9(6-8-10)15-18-12-4-2-3-11(17)13(12)14(16)19-15/h2-8H,1H3. The summed E-state index contributed by atoms with van der Waals surface area (Å²) in [6.07, 6.45) is 2.02. The molecule has 0 aliphatic heterocycles. The second-order valence-electron chi connectivity index (χ2n) is 4.20. The van der Waals surface area contributed by atoms with Gasteiger partial charge >= 0.3 is 0 Å². The molecule has 0 radical (unpaired) electrons. The van der Waals surface area contributed by atoms with E-state index in [0.29, 0.717) is 11.3 Å².